The van der Waals surface area contributed by atoms with Crippen molar-refractivity contribution in [1.29, 1.82) is 0 Å². The number of alkyl halides is 1. The summed E-state index contributed by atoms with van der Waals surface area (Å²) in [4.78, 5) is 0. The van der Waals surface area contributed by atoms with Crippen LogP contribution in [0, 0.1) is 5.92 Å². The zero-order valence-electron chi connectivity index (χ0n) is 8.92. The summed E-state index contributed by atoms with van der Waals surface area (Å²) in [5.74, 6) is 1.44. The van der Waals surface area contributed by atoms with Crippen LogP contribution in [0.3, 0.4) is 0 Å². The summed E-state index contributed by atoms with van der Waals surface area (Å²) in [7, 11) is 0. The molecule has 0 aliphatic heterocycles. The van der Waals surface area contributed by atoms with Crippen molar-refractivity contribution in [3.63, 3.8) is 0 Å². The topological polar surface area (TPSA) is 0 Å². The van der Waals surface area contributed by atoms with E-state index in [-0.39, 0.29) is 0 Å². The van der Waals surface area contributed by atoms with E-state index in [4.69, 9.17) is 11.6 Å². The van der Waals surface area contributed by atoms with Gasteiger partial charge in [-0.25, -0.2) is 0 Å². The Labute approximate surface area is 101 Å². The average molecular weight is 241 g/mol. The Morgan fingerprint density at radius 1 is 1.40 bits per heavy atom. The van der Waals surface area contributed by atoms with Gasteiger partial charge in [0.25, 0.3) is 0 Å². The molecule has 0 unspecified atom stereocenters. The van der Waals surface area contributed by atoms with Crippen molar-refractivity contribution >= 4 is 29.0 Å². The third kappa shape index (κ3) is 3.09. The van der Waals surface area contributed by atoms with Crippen LogP contribution in [-0.2, 0) is 0 Å². The lowest BCUT2D eigenvalue weighted by molar-refractivity contribution is 0.405. The molecule has 1 heterocycles. The van der Waals surface area contributed by atoms with Crippen LogP contribution < -0.4 is 0 Å². The Bertz CT molecular complexity index is 307. The highest BCUT2D eigenvalue weighted by atomic mass is 35.5. The van der Waals surface area contributed by atoms with Gasteiger partial charge >= 0.3 is 0 Å². The smallest absolute Gasteiger partial charge is 0.0439 e. The van der Waals surface area contributed by atoms with E-state index in [9.17, 15) is 0 Å². The molecule has 0 bridgehead atoms. The largest absolute Gasteiger partial charge is 0.152 e. The van der Waals surface area contributed by atoms with Gasteiger partial charge in [0.05, 0.1) is 0 Å². The molecular formula is C13H17ClS. The maximum Gasteiger partial charge on any atom is 0.0439 e. The minimum atomic E-state index is 0.695. The summed E-state index contributed by atoms with van der Waals surface area (Å²) < 4.78 is 0. The molecule has 0 amide bonds. The minimum absolute atomic E-state index is 0.695. The highest BCUT2D eigenvalue weighted by Crippen LogP contribution is 2.31. The van der Waals surface area contributed by atoms with E-state index >= 15 is 0 Å². The quantitative estimate of drug-likeness (QED) is 0.656. The number of thiophene rings is 1. The van der Waals surface area contributed by atoms with Crippen LogP contribution in [0.1, 0.15) is 37.7 Å². The molecule has 0 spiro atoms. The first-order chi connectivity index (χ1) is 7.40. The molecule has 1 saturated carbocycles. The predicted octanol–water partition coefficient (Wildman–Crippen LogP) is 4.95. The van der Waals surface area contributed by atoms with Crippen LogP contribution in [0.4, 0.5) is 0 Å². The predicted molar refractivity (Wildman–Crippen MR) is 69.6 cm³/mol. The second-order valence-electron chi connectivity index (χ2n) is 4.24. The van der Waals surface area contributed by atoms with Crippen molar-refractivity contribution in [2.75, 3.05) is 5.88 Å². The summed E-state index contributed by atoms with van der Waals surface area (Å²) in [6.45, 7) is 0. The van der Waals surface area contributed by atoms with Gasteiger partial charge in [-0.05, 0) is 41.1 Å². The molecule has 2 rings (SSSR count). The van der Waals surface area contributed by atoms with Crippen LogP contribution in [0.2, 0.25) is 0 Å². The lowest BCUT2D eigenvalue weighted by atomic mass is 9.84. The first-order valence-electron chi connectivity index (χ1n) is 5.69. The van der Waals surface area contributed by atoms with Gasteiger partial charge in [0, 0.05) is 5.88 Å². The lowest BCUT2D eigenvalue weighted by Crippen LogP contribution is -2.10. The van der Waals surface area contributed by atoms with E-state index in [1.54, 1.807) is 11.3 Å². The minimum Gasteiger partial charge on any atom is -0.152 e. The third-order valence-corrected chi connectivity index (χ3v) is 4.19. The summed E-state index contributed by atoms with van der Waals surface area (Å²) >= 11 is 7.80. The molecular weight excluding hydrogens is 224 g/mol. The fourth-order valence-corrected chi connectivity index (χ4v) is 3.22. The average Bonchev–Trinajstić information content (AvgIpc) is 2.80. The Morgan fingerprint density at radius 2 is 2.20 bits per heavy atom. The number of hydrogen-bond donors (Lipinski definition) is 0. The van der Waals surface area contributed by atoms with Crippen molar-refractivity contribution in [2.45, 2.75) is 32.1 Å². The Balaban J connectivity index is 2.08. The van der Waals surface area contributed by atoms with Crippen LogP contribution >= 0.6 is 22.9 Å². The summed E-state index contributed by atoms with van der Waals surface area (Å²) in [5, 5.41) is 4.31. The first kappa shape index (κ1) is 11.2. The van der Waals surface area contributed by atoms with Crippen molar-refractivity contribution in [3.05, 3.63) is 28.0 Å². The lowest BCUT2D eigenvalue weighted by Gasteiger charge is -2.23. The van der Waals surface area contributed by atoms with E-state index in [0.29, 0.717) is 5.88 Å². The Hall–Kier alpha value is -0.270. The monoisotopic (exact) mass is 240 g/mol. The van der Waals surface area contributed by atoms with Gasteiger partial charge in [-0.2, -0.15) is 11.3 Å². The molecule has 2 heteroatoms. The first-order valence-corrected chi connectivity index (χ1v) is 7.16. The van der Waals surface area contributed by atoms with E-state index in [1.165, 1.54) is 43.2 Å². The van der Waals surface area contributed by atoms with Crippen LogP contribution in [-0.4, -0.2) is 5.88 Å². The molecule has 0 radical (unpaired) electrons. The zero-order valence-corrected chi connectivity index (χ0v) is 10.5. The van der Waals surface area contributed by atoms with Gasteiger partial charge in [0.2, 0.25) is 0 Å². The maximum absolute atomic E-state index is 6.05. The number of hydrogen-bond acceptors (Lipinski definition) is 1. The van der Waals surface area contributed by atoms with E-state index < -0.39 is 0 Å². The molecule has 1 aliphatic rings. The number of rotatable bonds is 3. The standard InChI is InChI=1S/C13H17ClS/c14-9-13(8-11-6-7-15-10-11)12-4-2-1-3-5-12/h6-8,10,12H,1-5,9H2. The fraction of sp³-hybridized carbons (Fsp3) is 0.538. The molecule has 0 saturated heterocycles. The van der Waals surface area contributed by atoms with Gasteiger partial charge in [0.15, 0.2) is 0 Å². The Kier molecular flexibility index (Phi) is 4.28. The molecule has 15 heavy (non-hydrogen) atoms. The fourth-order valence-electron chi connectivity index (χ4n) is 2.31. The van der Waals surface area contributed by atoms with Crippen molar-refractivity contribution in [2.24, 2.45) is 5.92 Å². The Morgan fingerprint density at radius 3 is 2.80 bits per heavy atom. The molecule has 0 atom stereocenters. The molecule has 1 aromatic heterocycles. The second kappa shape index (κ2) is 5.72. The maximum atomic E-state index is 6.05. The van der Waals surface area contributed by atoms with Gasteiger partial charge in [-0.1, -0.05) is 30.9 Å². The molecule has 0 N–H and O–H groups in total. The number of halogens is 1. The molecule has 0 aromatic carbocycles. The van der Waals surface area contributed by atoms with E-state index in [0.717, 1.165) is 5.92 Å². The van der Waals surface area contributed by atoms with Crippen LogP contribution in [0.5, 0.6) is 0 Å². The summed E-state index contributed by atoms with van der Waals surface area (Å²) in [6, 6.07) is 2.17. The SMILES string of the molecule is ClCC(=Cc1ccsc1)C1CCCCC1. The van der Waals surface area contributed by atoms with Crippen LogP contribution in [0.15, 0.2) is 22.4 Å². The third-order valence-electron chi connectivity index (χ3n) is 3.18. The molecule has 1 aliphatic carbocycles. The second-order valence-corrected chi connectivity index (χ2v) is 5.29. The van der Waals surface area contributed by atoms with Gasteiger partial charge in [0.1, 0.15) is 0 Å². The molecule has 82 valence electrons. The molecule has 1 fully saturated rings. The highest BCUT2D eigenvalue weighted by Gasteiger charge is 2.16. The normalized spacial score (nSPS) is 19.4. The van der Waals surface area contributed by atoms with Gasteiger partial charge < -0.3 is 0 Å². The van der Waals surface area contributed by atoms with Gasteiger partial charge in [-0.3, -0.25) is 0 Å². The van der Waals surface area contributed by atoms with Crippen molar-refractivity contribution in [1.82, 2.24) is 0 Å². The highest BCUT2D eigenvalue weighted by molar-refractivity contribution is 7.08. The molecule has 0 nitrogen and oxygen atoms in total. The zero-order chi connectivity index (χ0) is 10.5. The van der Waals surface area contributed by atoms with Crippen LogP contribution in [0.25, 0.3) is 6.08 Å². The van der Waals surface area contributed by atoms with Gasteiger partial charge in [-0.15, -0.1) is 11.6 Å². The van der Waals surface area contributed by atoms with Crippen molar-refractivity contribution in [3.8, 4) is 0 Å². The molecule has 1 aromatic rings. The summed E-state index contributed by atoms with van der Waals surface area (Å²) in [5.41, 5.74) is 2.76. The van der Waals surface area contributed by atoms with E-state index in [2.05, 4.69) is 22.9 Å². The summed E-state index contributed by atoms with van der Waals surface area (Å²) in [6.07, 6.45) is 9.13. The van der Waals surface area contributed by atoms with Crippen molar-refractivity contribution < 1.29 is 0 Å². The van der Waals surface area contributed by atoms with E-state index in [1.807, 2.05) is 0 Å². The number of allylic oxidation sites excluding steroid dienone is 1.